The number of allylic oxidation sites excluding steroid dienone is 1. The van der Waals surface area contributed by atoms with Crippen LogP contribution >= 0.6 is 0 Å². The number of nitro groups is 1. The Morgan fingerprint density at radius 1 is 1.12 bits per heavy atom. The van der Waals surface area contributed by atoms with E-state index in [4.69, 9.17) is 9.47 Å². The van der Waals surface area contributed by atoms with E-state index in [-0.39, 0.29) is 11.4 Å². The zero-order chi connectivity index (χ0) is 24.8. The van der Waals surface area contributed by atoms with Crippen molar-refractivity contribution in [2.75, 3.05) is 25.6 Å². The first-order valence-electron chi connectivity index (χ1n) is 10.4. The van der Waals surface area contributed by atoms with Gasteiger partial charge in [-0.2, -0.15) is 0 Å². The van der Waals surface area contributed by atoms with Crippen LogP contribution in [0.3, 0.4) is 0 Å². The van der Waals surface area contributed by atoms with Gasteiger partial charge in [-0.3, -0.25) is 10.1 Å². The van der Waals surface area contributed by atoms with E-state index < -0.39 is 42.2 Å². The molecule has 180 valence electrons. The number of hydrogen-bond donors (Lipinski definition) is 4. The zero-order valence-corrected chi connectivity index (χ0v) is 18.6. The number of aliphatic hydroxyl groups excluding tert-OH is 4. The summed E-state index contributed by atoms with van der Waals surface area (Å²) in [6.45, 7) is -0.647. The average molecular weight is 470 g/mol. The van der Waals surface area contributed by atoms with E-state index in [1.54, 1.807) is 12.2 Å². The third-order valence-corrected chi connectivity index (χ3v) is 5.23. The van der Waals surface area contributed by atoms with Gasteiger partial charge < -0.3 is 34.8 Å². The number of benzene rings is 2. The molecule has 0 saturated carbocycles. The van der Waals surface area contributed by atoms with E-state index in [0.29, 0.717) is 5.56 Å². The summed E-state index contributed by atoms with van der Waals surface area (Å²) < 4.78 is 10.8. The van der Waals surface area contributed by atoms with E-state index in [9.17, 15) is 30.5 Å². The number of anilines is 1. The van der Waals surface area contributed by atoms with Crippen LogP contribution in [0.25, 0.3) is 6.08 Å². The Morgan fingerprint density at radius 2 is 1.82 bits per heavy atom. The maximum Gasteiger partial charge on any atom is 0.311 e. The standard InChI is InChI=1S/C24H26N2O8/c1-25(2)17-10-7-15(8-11-17)5-3-4-6-16-9-12-18(26(31)32)19(13-16)33-24-23(30)22(29)21(28)20(14-27)34-24/h4,6-13,20-24,27-30H,14H2,1-2H3/b6-4+/t20-,21-,22+,23+,24+/m1/s1. The maximum atomic E-state index is 11.4. The highest BCUT2D eigenvalue weighted by molar-refractivity contribution is 5.60. The third kappa shape index (κ3) is 5.91. The molecule has 0 radical (unpaired) electrons. The zero-order valence-electron chi connectivity index (χ0n) is 18.6. The summed E-state index contributed by atoms with van der Waals surface area (Å²) in [5.74, 6) is 5.67. The molecule has 0 aromatic heterocycles. The normalized spacial score (nSPS) is 24.4. The monoisotopic (exact) mass is 470 g/mol. The van der Waals surface area contributed by atoms with Crippen LogP contribution in [0.2, 0.25) is 0 Å². The first kappa shape index (κ1) is 25.2. The molecule has 2 aromatic carbocycles. The number of rotatable bonds is 6. The molecule has 3 rings (SSSR count). The number of ether oxygens (including phenoxy) is 2. The van der Waals surface area contributed by atoms with Gasteiger partial charge in [0.2, 0.25) is 12.0 Å². The van der Waals surface area contributed by atoms with E-state index in [0.717, 1.165) is 11.3 Å². The highest BCUT2D eigenvalue weighted by Crippen LogP contribution is 2.32. The lowest BCUT2D eigenvalue weighted by molar-refractivity contribution is -0.387. The Kier molecular flexibility index (Phi) is 8.22. The number of hydrogen-bond acceptors (Lipinski definition) is 9. The van der Waals surface area contributed by atoms with Gasteiger partial charge in [0, 0.05) is 31.4 Å². The SMILES string of the molecule is CN(C)c1ccc(C#C/C=C/c2ccc([N+](=O)[O-])c(O[C@H]3O[C@H](CO)[C@@H](O)[C@H](O)[C@@H]3O)c2)cc1. The lowest BCUT2D eigenvalue weighted by atomic mass is 9.99. The summed E-state index contributed by atoms with van der Waals surface area (Å²) in [6.07, 6.45) is -4.46. The Morgan fingerprint density at radius 3 is 2.44 bits per heavy atom. The summed E-state index contributed by atoms with van der Waals surface area (Å²) >= 11 is 0. The quantitative estimate of drug-likeness (QED) is 0.275. The molecule has 0 spiro atoms. The van der Waals surface area contributed by atoms with Gasteiger partial charge >= 0.3 is 5.69 Å². The Labute approximate surface area is 196 Å². The van der Waals surface area contributed by atoms with E-state index >= 15 is 0 Å². The average Bonchev–Trinajstić information content (AvgIpc) is 2.82. The van der Waals surface area contributed by atoms with Crippen LogP contribution in [0.4, 0.5) is 11.4 Å². The van der Waals surface area contributed by atoms with Crippen molar-refractivity contribution in [2.45, 2.75) is 30.7 Å². The van der Waals surface area contributed by atoms with Crippen molar-refractivity contribution >= 4 is 17.5 Å². The van der Waals surface area contributed by atoms with E-state index in [2.05, 4.69) is 11.8 Å². The molecule has 1 heterocycles. The van der Waals surface area contributed by atoms with Crippen LogP contribution in [0.15, 0.2) is 48.5 Å². The second-order valence-electron chi connectivity index (χ2n) is 7.84. The van der Waals surface area contributed by atoms with Crippen LogP contribution in [-0.2, 0) is 4.74 Å². The predicted octanol–water partition coefficient (Wildman–Crippen LogP) is 0.904. The predicted molar refractivity (Wildman–Crippen MR) is 124 cm³/mol. The molecule has 1 aliphatic rings. The third-order valence-electron chi connectivity index (χ3n) is 5.23. The molecule has 10 nitrogen and oxygen atoms in total. The lowest BCUT2D eigenvalue weighted by Gasteiger charge is -2.39. The van der Waals surface area contributed by atoms with Gasteiger partial charge in [-0.15, -0.1) is 0 Å². The van der Waals surface area contributed by atoms with Crippen molar-refractivity contribution in [3.05, 3.63) is 69.8 Å². The second kappa shape index (κ2) is 11.1. The molecule has 34 heavy (non-hydrogen) atoms. The molecule has 10 heteroatoms. The maximum absolute atomic E-state index is 11.4. The molecule has 1 saturated heterocycles. The van der Waals surface area contributed by atoms with Crippen molar-refractivity contribution in [1.82, 2.24) is 0 Å². The van der Waals surface area contributed by atoms with Gasteiger partial charge in [0.15, 0.2) is 0 Å². The molecule has 2 aromatic rings. The summed E-state index contributed by atoms with van der Waals surface area (Å²) in [6, 6.07) is 11.8. The van der Waals surface area contributed by atoms with Crippen LogP contribution < -0.4 is 9.64 Å². The minimum atomic E-state index is -1.69. The van der Waals surface area contributed by atoms with Gasteiger partial charge in [0.1, 0.15) is 24.4 Å². The number of aliphatic hydroxyl groups is 4. The highest BCUT2D eigenvalue weighted by atomic mass is 16.7. The molecule has 1 fully saturated rings. The molecule has 5 atom stereocenters. The molecule has 4 N–H and O–H groups in total. The first-order chi connectivity index (χ1) is 16.2. The van der Waals surface area contributed by atoms with Crippen molar-refractivity contribution in [3.63, 3.8) is 0 Å². The molecule has 1 aliphatic heterocycles. The summed E-state index contributed by atoms with van der Waals surface area (Å²) in [7, 11) is 3.90. The Bertz CT molecular complexity index is 1090. The topological polar surface area (TPSA) is 146 Å². The fourth-order valence-corrected chi connectivity index (χ4v) is 3.28. The minimum Gasteiger partial charge on any atom is -0.455 e. The van der Waals surface area contributed by atoms with Crippen molar-refractivity contribution in [3.8, 4) is 17.6 Å². The first-order valence-corrected chi connectivity index (χ1v) is 10.4. The minimum absolute atomic E-state index is 0.219. The molecule has 0 bridgehead atoms. The second-order valence-corrected chi connectivity index (χ2v) is 7.84. The van der Waals surface area contributed by atoms with E-state index in [1.165, 1.54) is 18.2 Å². The van der Waals surface area contributed by atoms with Crippen LogP contribution in [0, 0.1) is 22.0 Å². The van der Waals surface area contributed by atoms with Crippen molar-refractivity contribution in [1.29, 1.82) is 0 Å². The van der Waals surface area contributed by atoms with Crippen molar-refractivity contribution < 1.29 is 34.8 Å². The summed E-state index contributed by atoms with van der Waals surface area (Å²) in [5, 5.41) is 50.7. The van der Waals surface area contributed by atoms with E-state index in [1.807, 2.05) is 43.3 Å². The fraction of sp³-hybridized carbons (Fsp3) is 0.333. The van der Waals surface area contributed by atoms with Crippen LogP contribution in [0.1, 0.15) is 11.1 Å². The Hall–Kier alpha value is -3.46. The highest BCUT2D eigenvalue weighted by Gasteiger charge is 2.45. The smallest absolute Gasteiger partial charge is 0.311 e. The van der Waals surface area contributed by atoms with Gasteiger partial charge in [-0.25, -0.2) is 0 Å². The largest absolute Gasteiger partial charge is 0.455 e. The molecular weight excluding hydrogens is 444 g/mol. The molecule has 0 unspecified atom stereocenters. The van der Waals surface area contributed by atoms with Gasteiger partial charge in [0.05, 0.1) is 11.5 Å². The molecular formula is C24H26N2O8. The molecule has 0 amide bonds. The van der Waals surface area contributed by atoms with Gasteiger partial charge in [-0.1, -0.05) is 11.8 Å². The van der Waals surface area contributed by atoms with Gasteiger partial charge in [-0.05, 0) is 54.1 Å². The molecule has 0 aliphatic carbocycles. The summed E-state index contributed by atoms with van der Waals surface area (Å²) in [5.41, 5.74) is 2.02. The Balaban J connectivity index is 1.78. The lowest BCUT2D eigenvalue weighted by Crippen LogP contribution is -2.60. The van der Waals surface area contributed by atoms with Crippen LogP contribution in [-0.4, -0.2) is 76.8 Å². The number of nitro benzene ring substituents is 1. The van der Waals surface area contributed by atoms with Gasteiger partial charge in [0.25, 0.3) is 0 Å². The summed E-state index contributed by atoms with van der Waals surface area (Å²) in [4.78, 5) is 12.7. The number of nitrogens with zero attached hydrogens (tertiary/aromatic N) is 2. The van der Waals surface area contributed by atoms with Crippen LogP contribution in [0.5, 0.6) is 5.75 Å². The van der Waals surface area contributed by atoms with Crippen molar-refractivity contribution in [2.24, 2.45) is 0 Å². The fourth-order valence-electron chi connectivity index (χ4n) is 3.28.